The Morgan fingerprint density at radius 1 is 1.11 bits per heavy atom. The monoisotopic (exact) mass is 254 g/mol. The van der Waals surface area contributed by atoms with Crippen molar-refractivity contribution in [3.8, 4) is 5.75 Å². The van der Waals surface area contributed by atoms with E-state index in [1.807, 2.05) is 18.2 Å². The van der Waals surface area contributed by atoms with Gasteiger partial charge < -0.3 is 15.7 Å². The van der Waals surface area contributed by atoms with Gasteiger partial charge in [0.05, 0.1) is 0 Å². The fourth-order valence-corrected chi connectivity index (χ4v) is 2.65. The van der Waals surface area contributed by atoms with E-state index < -0.39 is 0 Å². The molecule has 0 fully saturated rings. The van der Waals surface area contributed by atoms with Gasteiger partial charge in [0, 0.05) is 24.5 Å². The number of aryl methyl sites for hydroxylation is 1. The van der Waals surface area contributed by atoms with Crippen LogP contribution in [-0.2, 0) is 13.0 Å². The Morgan fingerprint density at radius 2 is 1.89 bits per heavy atom. The molecule has 1 aliphatic rings. The molecule has 1 aliphatic heterocycles. The smallest absolute Gasteiger partial charge is 0.115 e. The molecule has 19 heavy (non-hydrogen) atoms. The number of hydrogen-bond acceptors (Lipinski definition) is 3. The molecule has 0 saturated heterocycles. The number of nitrogen functional groups attached to an aromatic ring is 1. The summed E-state index contributed by atoms with van der Waals surface area (Å²) < 4.78 is 0. The highest BCUT2D eigenvalue weighted by Gasteiger charge is 2.17. The van der Waals surface area contributed by atoms with Crippen molar-refractivity contribution in [2.75, 3.05) is 17.2 Å². The molecule has 0 amide bonds. The zero-order valence-corrected chi connectivity index (χ0v) is 10.8. The van der Waals surface area contributed by atoms with Crippen LogP contribution in [0.2, 0.25) is 0 Å². The van der Waals surface area contributed by atoms with Crippen molar-refractivity contribution in [1.29, 1.82) is 0 Å². The zero-order chi connectivity index (χ0) is 13.2. The van der Waals surface area contributed by atoms with E-state index >= 15 is 0 Å². The van der Waals surface area contributed by atoms with Crippen LogP contribution >= 0.6 is 0 Å². The highest BCUT2D eigenvalue weighted by Crippen LogP contribution is 2.30. The molecule has 0 bridgehead atoms. The summed E-state index contributed by atoms with van der Waals surface area (Å²) in [6.07, 6.45) is 2.30. The first-order valence-corrected chi connectivity index (χ1v) is 6.63. The molecule has 2 aromatic rings. The van der Waals surface area contributed by atoms with Crippen molar-refractivity contribution in [1.82, 2.24) is 0 Å². The molecule has 0 spiro atoms. The number of anilines is 2. The second-order valence-electron chi connectivity index (χ2n) is 5.08. The van der Waals surface area contributed by atoms with Crippen LogP contribution in [0, 0.1) is 0 Å². The summed E-state index contributed by atoms with van der Waals surface area (Å²) in [5.41, 5.74) is 10.5. The van der Waals surface area contributed by atoms with Gasteiger partial charge in [-0.1, -0.05) is 18.2 Å². The maximum atomic E-state index is 9.33. The molecule has 0 unspecified atom stereocenters. The van der Waals surface area contributed by atoms with Crippen LogP contribution in [0.1, 0.15) is 17.5 Å². The predicted octanol–water partition coefficient (Wildman–Crippen LogP) is 2.93. The largest absolute Gasteiger partial charge is 0.508 e. The minimum absolute atomic E-state index is 0.312. The van der Waals surface area contributed by atoms with E-state index in [1.165, 1.54) is 23.2 Å². The lowest BCUT2D eigenvalue weighted by Crippen LogP contribution is -2.28. The normalized spacial score (nSPS) is 14.2. The van der Waals surface area contributed by atoms with Crippen LogP contribution < -0.4 is 10.6 Å². The van der Waals surface area contributed by atoms with Crippen molar-refractivity contribution >= 4 is 11.4 Å². The van der Waals surface area contributed by atoms with E-state index in [9.17, 15) is 5.11 Å². The molecule has 0 aliphatic carbocycles. The topological polar surface area (TPSA) is 49.5 Å². The zero-order valence-electron chi connectivity index (χ0n) is 10.8. The summed E-state index contributed by atoms with van der Waals surface area (Å²) in [6, 6.07) is 13.6. The maximum Gasteiger partial charge on any atom is 0.115 e. The molecule has 2 aromatic carbocycles. The maximum absolute atomic E-state index is 9.33. The first-order valence-electron chi connectivity index (χ1n) is 6.63. The Hall–Kier alpha value is -2.16. The number of rotatable bonds is 2. The number of phenolic OH excluding ortho intramolecular Hbond substituents is 1. The minimum Gasteiger partial charge on any atom is -0.508 e. The Labute approximate surface area is 113 Å². The number of nitrogens with zero attached hydrogens (tertiary/aromatic N) is 1. The standard InChI is InChI=1S/C16H18N2O/c17-14-6-5-13-2-1-9-18(16(13)10-14)11-12-3-7-15(19)8-4-12/h3-8,10,19H,1-2,9,11,17H2. The second kappa shape index (κ2) is 4.84. The first kappa shape index (κ1) is 11.9. The van der Waals surface area contributed by atoms with E-state index in [1.54, 1.807) is 12.1 Å². The third kappa shape index (κ3) is 2.50. The van der Waals surface area contributed by atoms with Crippen molar-refractivity contribution < 1.29 is 5.11 Å². The van der Waals surface area contributed by atoms with E-state index in [2.05, 4.69) is 17.0 Å². The fraction of sp³-hybridized carbons (Fsp3) is 0.250. The number of benzene rings is 2. The number of fused-ring (bicyclic) bond motifs is 1. The van der Waals surface area contributed by atoms with Crippen molar-refractivity contribution in [2.24, 2.45) is 0 Å². The van der Waals surface area contributed by atoms with Crippen LogP contribution in [0.25, 0.3) is 0 Å². The number of hydrogen-bond donors (Lipinski definition) is 2. The average Bonchev–Trinajstić information content (AvgIpc) is 2.42. The molecular weight excluding hydrogens is 236 g/mol. The van der Waals surface area contributed by atoms with E-state index in [0.717, 1.165) is 25.2 Å². The van der Waals surface area contributed by atoms with Gasteiger partial charge in [-0.3, -0.25) is 0 Å². The fourth-order valence-electron chi connectivity index (χ4n) is 2.65. The third-order valence-electron chi connectivity index (χ3n) is 3.63. The quantitative estimate of drug-likeness (QED) is 0.810. The molecule has 0 aromatic heterocycles. The number of nitrogens with two attached hydrogens (primary N) is 1. The van der Waals surface area contributed by atoms with Crippen molar-refractivity contribution in [2.45, 2.75) is 19.4 Å². The Balaban J connectivity index is 1.87. The van der Waals surface area contributed by atoms with Gasteiger partial charge >= 0.3 is 0 Å². The van der Waals surface area contributed by atoms with Gasteiger partial charge in [-0.25, -0.2) is 0 Å². The van der Waals surface area contributed by atoms with Crippen LogP contribution in [0.4, 0.5) is 11.4 Å². The summed E-state index contributed by atoms with van der Waals surface area (Å²) in [5, 5.41) is 9.33. The van der Waals surface area contributed by atoms with E-state index in [4.69, 9.17) is 5.73 Å². The van der Waals surface area contributed by atoms with Gasteiger partial charge in [0.2, 0.25) is 0 Å². The molecule has 3 N–H and O–H groups in total. The lowest BCUT2D eigenvalue weighted by Gasteiger charge is -2.31. The van der Waals surface area contributed by atoms with E-state index in [0.29, 0.717) is 5.75 Å². The van der Waals surface area contributed by atoms with Crippen molar-refractivity contribution in [3.05, 3.63) is 53.6 Å². The third-order valence-corrected chi connectivity index (χ3v) is 3.63. The van der Waals surface area contributed by atoms with Crippen LogP contribution in [0.15, 0.2) is 42.5 Å². The highest BCUT2D eigenvalue weighted by molar-refractivity contribution is 5.62. The van der Waals surface area contributed by atoms with Gasteiger partial charge in [-0.05, 0) is 48.2 Å². The molecule has 1 heterocycles. The van der Waals surface area contributed by atoms with Gasteiger partial charge in [0.25, 0.3) is 0 Å². The molecule has 0 saturated carbocycles. The second-order valence-corrected chi connectivity index (χ2v) is 5.08. The SMILES string of the molecule is Nc1ccc2c(c1)N(Cc1ccc(O)cc1)CCC2. The Morgan fingerprint density at radius 3 is 2.68 bits per heavy atom. The number of aromatic hydroxyl groups is 1. The molecule has 3 rings (SSSR count). The summed E-state index contributed by atoms with van der Waals surface area (Å²) in [5.74, 6) is 0.312. The lowest BCUT2D eigenvalue weighted by atomic mass is 10.0. The molecule has 3 heteroatoms. The highest BCUT2D eigenvalue weighted by atomic mass is 16.3. The Kier molecular flexibility index (Phi) is 3.03. The molecule has 0 radical (unpaired) electrons. The number of phenols is 1. The summed E-state index contributed by atoms with van der Waals surface area (Å²) in [6.45, 7) is 1.91. The molecule has 3 nitrogen and oxygen atoms in total. The Bertz CT molecular complexity index is 578. The van der Waals surface area contributed by atoms with Crippen LogP contribution in [0.5, 0.6) is 5.75 Å². The first-order chi connectivity index (χ1) is 9.22. The molecule has 98 valence electrons. The van der Waals surface area contributed by atoms with E-state index in [-0.39, 0.29) is 0 Å². The van der Waals surface area contributed by atoms with Gasteiger partial charge in [0.15, 0.2) is 0 Å². The van der Waals surface area contributed by atoms with Crippen LogP contribution in [-0.4, -0.2) is 11.7 Å². The van der Waals surface area contributed by atoms with Crippen LogP contribution in [0.3, 0.4) is 0 Å². The molecule has 0 atom stereocenters. The lowest BCUT2D eigenvalue weighted by molar-refractivity contribution is 0.475. The van der Waals surface area contributed by atoms with Gasteiger partial charge in [-0.15, -0.1) is 0 Å². The predicted molar refractivity (Wildman–Crippen MR) is 78.3 cm³/mol. The van der Waals surface area contributed by atoms with Gasteiger partial charge in [-0.2, -0.15) is 0 Å². The average molecular weight is 254 g/mol. The summed E-state index contributed by atoms with van der Waals surface area (Å²) >= 11 is 0. The summed E-state index contributed by atoms with van der Waals surface area (Å²) in [4.78, 5) is 2.36. The summed E-state index contributed by atoms with van der Waals surface area (Å²) in [7, 11) is 0. The van der Waals surface area contributed by atoms with Gasteiger partial charge in [0.1, 0.15) is 5.75 Å². The minimum atomic E-state index is 0.312. The van der Waals surface area contributed by atoms with Crippen molar-refractivity contribution in [3.63, 3.8) is 0 Å². The molecular formula is C16H18N2O.